The van der Waals surface area contributed by atoms with Crippen molar-refractivity contribution in [3.8, 4) is 22.6 Å². The lowest BCUT2D eigenvalue weighted by molar-refractivity contribution is 0.300. The highest BCUT2D eigenvalue weighted by Crippen LogP contribution is 2.57. The maximum atomic E-state index is 14.2. The monoisotopic (exact) mass is 1350 g/mol. The molecule has 10 nitrogen and oxygen atoms in total. The number of pyridine rings is 4. The second-order valence-electron chi connectivity index (χ2n) is 29.9. The van der Waals surface area contributed by atoms with E-state index in [1.807, 2.05) is 110 Å². The van der Waals surface area contributed by atoms with Crippen LogP contribution < -0.4 is 31.2 Å². The van der Waals surface area contributed by atoms with Crippen LogP contribution in [0.4, 0.5) is 0 Å². The Kier molecular flexibility index (Phi) is 22.1. The number of ether oxygens (including phenoxy) is 2. The number of rotatable bonds is 34. The smallest absolute Gasteiger partial charge is 0.197 e. The van der Waals surface area contributed by atoms with Gasteiger partial charge in [-0.15, -0.1) is 0 Å². The molecule has 0 fully saturated rings. The van der Waals surface area contributed by atoms with E-state index in [1.54, 1.807) is 0 Å². The standard InChI is InChI=1S/C91H106N4O6/c1-9-11-13-15-23-33-47-91(48-34-24-16-14-12-10-2)75-59-85(100-49-35-25-19-17-21-27-37-63-43-45-79-69(53-63)89(98)73-57-81-71(55-83(73)94(79)7)87(96)65-39-29-31-41-77(65)92(81)5)61(3)51-67(75)68-52-62(4)86(60-76(68)91)101-50-36-26-20-18-22-28-38-64-44-46-80-70(54-64)90(99)74-58-82-72(56-84(74)95(80)8)88(97)66-40-30-32-42-78(66)93(82)6/h29-32,39-46,51-60H,9-28,33-38,47-50H2,1-8H3. The molecule has 12 aromatic rings. The van der Waals surface area contributed by atoms with E-state index < -0.39 is 0 Å². The molecule has 0 unspecified atom stereocenters. The average Bonchev–Trinajstić information content (AvgIpc) is 1.71. The highest BCUT2D eigenvalue weighted by atomic mass is 16.5. The summed E-state index contributed by atoms with van der Waals surface area (Å²) in [5.74, 6) is 2.08. The predicted molar refractivity (Wildman–Crippen MR) is 426 cm³/mol. The Morgan fingerprint density at radius 3 is 0.990 bits per heavy atom. The maximum Gasteiger partial charge on any atom is 0.197 e. The van der Waals surface area contributed by atoms with Gasteiger partial charge in [0.2, 0.25) is 0 Å². The minimum Gasteiger partial charge on any atom is -0.493 e. The highest BCUT2D eigenvalue weighted by Gasteiger charge is 2.44. The molecule has 0 atom stereocenters. The van der Waals surface area contributed by atoms with Crippen molar-refractivity contribution in [2.24, 2.45) is 28.2 Å². The van der Waals surface area contributed by atoms with Crippen LogP contribution in [0.2, 0.25) is 0 Å². The third-order valence-electron chi connectivity index (χ3n) is 23.1. The Labute approximate surface area is 596 Å². The number of aromatic nitrogens is 4. The lowest BCUT2D eigenvalue weighted by Crippen LogP contribution is -2.26. The summed E-state index contributed by atoms with van der Waals surface area (Å²) < 4.78 is 21.9. The summed E-state index contributed by atoms with van der Waals surface area (Å²) >= 11 is 0. The number of hydrogen-bond donors (Lipinski definition) is 0. The van der Waals surface area contributed by atoms with Crippen molar-refractivity contribution in [2.75, 3.05) is 13.2 Å². The van der Waals surface area contributed by atoms with E-state index in [4.69, 9.17) is 9.47 Å². The summed E-state index contributed by atoms with van der Waals surface area (Å²) in [7, 11) is 7.94. The molecule has 0 aliphatic heterocycles. The maximum absolute atomic E-state index is 14.2. The molecule has 0 saturated heterocycles. The minimum atomic E-state index is -0.0915. The van der Waals surface area contributed by atoms with Gasteiger partial charge in [-0.05, 0) is 207 Å². The van der Waals surface area contributed by atoms with Crippen LogP contribution in [-0.2, 0) is 46.4 Å². The molecule has 0 bridgehead atoms. The molecule has 0 spiro atoms. The molecule has 101 heavy (non-hydrogen) atoms. The van der Waals surface area contributed by atoms with Gasteiger partial charge in [0.1, 0.15) is 11.5 Å². The molecule has 0 saturated carbocycles. The summed E-state index contributed by atoms with van der Waals surface area (Å²) in [4.78, 5) is 55.8. The van der Waals surface area contributed by atoms with Crippen LogP contribution in [0.1, 0.15) is 214 Å². The Morgan fingerprint density at radius 1 is 0.307 bits per heavy atom. The van der Waals surface area contributed by atoms with Crippen LogP contribution in [0.3, 0.4) is 0 Å². The second-order valence-corrected chi connectivity index (χ2v) is 29.9. The number of aryl methyl sites for hydroxylation is 8. The quantitative estimate of drug-likeness (QED) is 0.0294. The Hall–Kier alpha value is -8.76. The fraction of sp³-hybridized carbons (Fsp3) is 0.429. The second kappa shape index (κ2) is 31.6. The average molecular weight is 1350 g/mol. The van der Waals surface area contributed by atoms with E-state index in [9.17, 15) is 19.2 Å². The lowest BCUT2D eigenvalue weighted by Gasteiger charge is -2.33. The van der Waals surface area contributed by atoms with Crippen molar-refractivity contribution in [3.05, 3.63) is 208 Å². The van der Waals surface area contributed by atoms with E-state index in [0.29, 0.717) is 45.5 Å². The Bertz CT molecular complexity index is 4990. The molecule has 1 aliphatic rings. The summed E-state index contributed by atoms with van der Waals surface area (Å²) in [6, 6.07) is 45.6. The van der Waals surface area contributed by atoms with Gasteiger partial charge in [0.15, 0.2) is 21.7 Å². The van der Waals surface area contributed by atoms with E-state index in [2.05, 4.69) is 97.5 Å². The number of nitrogens with zero attached hydrogens (tertiary/aromatic N) is 4. The normalized spacial score (nSPS) is 12.8. The number of fused-ring (bicyclic) bond motifs is 11. The molecule has 1 aliphatic carbocycles. The zero-order chi connectivity index (χ0) is 70.3. The first kappa shape index (κ1) is 70.7. The van der Waals surface area contributed by atoms with Crippen LogP contribution in [0, 0.1) is 13.8 Å². The van der Waals surface area contributed by atoms with E-state index in [-0.39, 0.29) is 27.1 Å². The highest BCUT2D eigenvalue weighted by molar-refractivity contribution is 6.05. The van der Waals surface area contributed by atoms with Crippen LogP contribution >= 0.6 is 0 Å². The molecule has 0 amide bonds. The zero-order valence-corrected chi connectivity index (χ0v) is 61.7. The van der Waals surface area contributed by atoms with Crippen molar-refractivity contribution in [1.29, 1.82) is 0 Å². The van der Waals surface area contributed by atoms with Gasteiger partial charge < -0.3 is 27.7 Å². The summed E-state index contributed by atoms with van der Waals surface area (Å²) in [5, 5.41) is 5.35. The SMILES string of the molecule is CCCCCCCCC1(CCCCCCCC)c2cc(OCCCCCCCCc3ccc4c(c3)c(=O)c3cc5c(cc3n4C)c(=O)c3ccccc3n5C)c(C)cc2-c2cc(C)c(OCCCCCCCCc3ccc4c(c3)c(=O)c3cc5c(cc3n4C)c(=O)c3ccccc3n5C)cc21. The third kappa shape index (κ3) is 14.3. The van der Waals surface area contributed by atoms with E-state index >= 15 is 0 Å². The molecule has 526 valence electrons. The van der Waals surface area contributed by atoms with E-state index in [1.165, 1.54) is 147 Å². The Balaban J connectivity index is 0.616. The van der Waals surface area contributed by atoms with Gasteiger partial charge in [-0.2, -0.15) is 0 Å². The summed E-state index contributed by atoms with van der Waals surface area (Å²) in [6.45, 7) is 10.5. The number of para-hydroxylation sites is 2. The largest absolute Gasteiger partial charge is 0.493 e. The first-order valence-electron chi connectivity index (χ1n) is 38.7. The number of benzene rings is 8. The number of hydrogen-bond acceptors (Lipinski definition) is 6. The van der Waals surface area contributed by atoms with Crippen molar-refractivity contribution >= 4 is 87.2 Å². The fourth-order valence-electron chi connectivity index (χ4n) is 17.2. The molecule has 0 radical (unpaired) electrons. The zero-order valence-electron chi connectivity index (χ0n) is 61.7. The minimum absolute atomic E-state index is 0.00755. The molecular formula is C91H106N4O6. The van der Waals surface area contributed by atoms with Gasteiger partial charge >= 0.3 is 0 Å². The summed E-state index contributed by atoms with van der Waals surface area (Å²) in [5.41, 5.74) is 17.0. The molecule has 0 N–H and O–H groups in total. The molecule has 4 heterocycles. The first-order chi connectivity index (χ1) is 49.2. The van der Waals surface area contributed by atoms with E-state index in [0.717, 1.165) is 143 Å². The molecule has 8 aromatic carbocycles. The lowest BCUT2D eigenvalue weighted by atomic mass is 9.70. The number of unbranched alkanes of at least 4 members (excludes halogenated alkanes) is 20. The van der Waals surface area contributed by atoms with Crippen LogP contribution in [0.15, 0.2) is 153 Å². The van der Waals surface area contributed by atoms with Crippen molar-refractivity contribution < 1.29 is 9.47 Å². The van der Waals surface area contributed by atoms with Gasteiger partial charge in [-0.3, -0.25) is 19.2 Å². The van der Waals surface area contributed by atoms with Gasteiger partial charge in [0.25, 0.3) is 0 Å². The first-order valence-corrected chi connectivity index (χ1v) is 38.7. The molecule has 4 aromatic heterocycles. The Morgan fingerprint density at radius 2 is 0.614 bits per heavy atom. The van der Waals surface area contributed by atoms with Gasteiger partial charge in [0.05, 0.1) is 57.3 Å². The predicted octanol–water partition coefficient (Wildman–Crippen LogP) is 22.0. The molecular weight excluding hydrogens is 1250 g/mol. The van der Waals surface area contributed by atoms with Crippen molar-refractivity contribution in [3.63, 3.8) is 0 Å². The third-order valence-corrected chi connectivity index (χ3v) is 23.1. The van der Waals surface area contributed by atoms with Crippen LogP contribution in [-0.4, -0.2) is 31.5 Å². The van der Waals surface area contributed by atoms with Crippen molar-refractivity contribution in [1.82, 2.24) is 18.3 Å². The molecule has 10 heteroatoms. The van der Waals surface area contributed by atoms with Crippen LogP contribution in [0.5, 0.6) is 11.5 Å². The summed E-state index contributed by atoms with van der Waals surface area (Å²) in [6.07, 6.45) is 32.9. The molecule has 13 rings (SSSR count). The van der Waals surface area contributed by atoms with Crippen LogP contribution in [0.25, 0.3) is 98.4 Å². The van der Waals surface area contributed by atoms with Gasteiger partial charge in [-0.25, -0.2) is 0 Å². The van der Waals surface area contributed by atoms with Crippen molar-refractivity contribution in [2.45, 2.75) is 213 Å². The van der Waals surface area contributed by atoms with Gasteiger partial charge in [0, 0.05) is 76.7 Å². The topological polar surface area (TPSA) is 106 Å². The van der Waals surface area contributed by atoms with Gasteiger partial charge in [-0.1, -0.05) is 179 Å². The fourth-order valence-corrected chi connectivity index (χ4v) is 17.2.